The normalized spacial score (nSPS) is 12.7. The van der Waals surface area contributed by atoms with E-state index in [2.05, 4.69) is 25.1 Å². The molecule has 0 aliphatic heterocycles. The molecule has 2 rings (SSSR count). The Morgan fingerprint density at radius 1 is 0.714 bits per heavy atom. The fourth-order valence-corrected chi connectivity index (χ4v) is 7.03. The van der Waals surface area contributed by atoms with Crippen LogP contribution in [0.5, 0.6) is 0 Å². The molecule has 6 nitrogen and oxygen atoms in total. The number of hydrogen-bond donors (Lipinski definition) is 0. The molecule has 2 aromatic carbocycles. The second kappa shape index (κ2) is 16.5. The lowest BCUT2D eigenvalue weighted by molar-refractivity contribution is 0.213. The van der Waals surface area contributed by atoms with Crippen LogP contribution in [0.4, 0.5) is 0 Å². The molecule has 2 aromatic rings. The summed E-state index contributed by atoms with van der Waals surface area (Å²) in [5, 5.41) is 0. The molecule has 0 aliphatic carbocycles. The highest BCUT2D eigenvalue weighted by Gasteiger charge is 2.31. The van der Waals surface area contributed by atoms with Crippen LogP contribution in [-0.2, 0) is 40.1 Å². The maximum absolute atomic E-state index is 12.6. The second-order valence-electron chi connectivity index (χ2n) is 8.33. The molecule has 198 valence electrons. The Morgan fingerprint density at radius 3 is 1.63 bits per heavy atom. The average molecular weight is 527 g/mol. The van der Waals surface area contributed by atoms with Crippen molar-refractivity contribution >= 4 is 15.2 Å². The van der Waals surface area contributed by atoms with Crippen LogP contribution in [0.25, 0.3) is 0 Å². The van der Waals surface area contributed by atoms with Gasteiger partial charge in [-0.1, -0.05) is 66.6 Å². The number of benzene rings is 2. The summed E-state index contributed by atoms with van der Waals surface area (Å²) in [6, 6.07) is 16.4. The van der Waals surface area contributed by atoms with Crippen LogP contribution >= 0.6 is 15.2 Å². The average Bonchev–Trinajstić information content (AvgIpc) is 2.79. The Balaban J connectivity index is 0.000000351. The molecule has 0 aliphatic rings. The SMILES string of the molecule is CCOP(=O)(CCc1cccc(C)c1)OCC.CCOP(=O)(OCC)C(C)Cc1cccc(C)c1. The van der Waals surface area contributed by atoms with Crippen molar-refractivity contribution in [3.05, 3.63) is 70.8 Å². The Labute approximate surface area is 212 Å². The highest BCUT2D eigenvalue weighted by Crippen LogP contribution is 2.53. The van der Waals surface area contributed by atoms with Gasteiger partial charge in [-0.05, 0) is 65.5 Å². The highest BCUT2D eigenvalue weighted by molar-refractivity contribution is 7.54. The maximum Gasteiger partial charge on any atom is 0.333 e. The van der Waals surface area contributed by atoms with Crippen LogP contribution < -0.4 is 0 Å². The first-order valence-electron chi connectivity index (χ1n) is 12.5. The minimum atomic E-state index is -2.99. The van der Waals surface area contributed by atoms with Crippen LogP contribution in [0, 0.1) is 13.8 Å². The van der Waals surface area contributed by atoms with Gasteiger partial charge in [0.05, 0.1) is 38.2 Å². The van der Waals surface area contributed by atoms with Crippen LogP contribution in [0.1, 0.15) is 56.9 Å². The Kier molecular flexibility index (Phi) is 15.0. The van der Waals surface area contributed by atoms with Crippen molar-refractivity contribution in [3.8, 4) is 0 Å². The van der Waals surface area contributed by atoms with E-state index in [0.29, 0.717) is 39.0 Å². The summed E-state index contributed by atoms with van der Waals surface area (Å²) in [6.07, 6.45) is 1.87. The van der Waals surface area contributed by atoms with Gasteiger partial charge in [-0.3, -0.25) is 9.13 Å². The molecule has 0 saturated heterocycles. The predicted octanol–water partition coefficient (Wildman–Crippen LogP) is 8.00. The molecule has 1 atom stereocenters. The van der Waals surface area contributed by atoms with Gasteiger partial charge >= 0.3 is 15.2 Å². The van der Waals surface area contributed by atoms with E-state index < -0.39 is 15.2 Å². The van der Waals surface area contributed by atoms with E-state index in [9.17, 15) is 9.13 Å². The number of aryl methyl sites for hydroxylation is 3. The standard InChI is InChI=1S/C14H23O3P.C13H21O3P/c1-5-16-18(15,17-6-2)13(4)11-14-9-7-8-12(3)10-14;1-4-15-17(14,16-5-2)10-9-13-8-6-7-12(3)11-13/h7-10,13H,5-6,11H2,1-4H3;6-8,11H,4-5,9-10H2,1-3H3. The molecule has 0 radical (unpaired) electrons. The van der Waals surface area contributed by atoms with Gasteiger partial charge in [0.25, 0.3) is 0 Å². The van der Waals surface area contributed by atoms with Crippen LogP contribution in [0.15, 0.2) is 48.5 Å². The van der Waals surface area contributed by atoms with Crippen LogP contribution in [0.2, 0.25) is 0 Å². The molecular formula is C27H44O6P2. The van der Waals surface area contributed by atoms with E-state index in [-0.39, 0.29) is 5.66 Å². The number of rotatable bonds is 14. The van der Waals surface area contributed by atoms with Gasteiger partial charge in [-0.15, -0.1) is 0 Å². The maximum atomic E-state index is 12.6. The van der Waals surface area contributed by atoms with Crippen molar-refractivity contribution in [1.29, 1.82) is 0 Å². The molecule has 1 unspecified atom stereocenters. The molecule has 0 fully saturated rings. The van der Waals surface area contributed by atoms with E-state index >= 15 is 0 Å². The first-order valence-corrected chi connectivity index (χ1v) is 15.8. The lowest BCUT2D eigenvalue weighted by Gasteiger charge is -2.23. The lowest BCUT2D eigenvalue weighted by Crippen LogP contribution is -2.12. The van der Waals surface area contributed by atoms with Crippen molar-refractivity contribution in [3.63, 3.8) is 0 Å². The summed E-state index contributed by atoms with van der Waals surface area (Å²) >= 11 is 0. The summed E-state index contributed by atoms with van der Waals surface area (Å²) in [4.78, 5) is 0. The predicted molar refractivity (Wildman–Crippen MR) is 146 cm³/mol. The monoisotopic (exact) mass is 526 g/mol. The van der Waals surface area contributed by atoms with Crippen LogP contribution in [-0.4, -0.2) is 38.2 Å². The first kappa shape index (κ1) is 31.8. The van der Waals surface area contributed by atoms with Gasteiger partial charge < -0.3 is 18.1 Å². The topological polar surface area (TPSA) is 71.1 Å². The zero-order valence-electron chi connectivity index (χ0n) is 22.5. The van der Waals surface area contributed by atoms with E-state index in [1.165, 1.54) is 22.3 Å². The molecule has 0 amide bonds. The largest absolute Gasteiger partial charge is 0.333 e. The van der Waals surface area contributed by atoms with Crippen molar-refractivity contribution < 1.29 is 27.2 Å². The summed E-state index contributed by atoms with van der Waals surface area (Å²) in [6.45, 7) is 15.0. The molecule has 0 heterocycles. The Hall–Kier alpha value is -1.26. The molecule has 35 heavy (non-hydrogen) atoms. The van der Waals surface area contributed by atoms with Gasteiger partial charge in [0.2, 0.25) is 0 Å². The van der Waals surface area contributed by atoms with Crippen molar-refractivity contribution in [2.45, 2.75) is 67.0 Å². The van der Waals surface area contributed by atoms with Gasteiger partial charge in [0, 0.05) is 0 Å². The fourth-order valence-electron chi connectivity index (χ4n) is 3.64. The van der Waals surface area contributed by atoms with Crippen LogP contribution in [0.3, 0.4) is 0 Å². The third kappa shape index (κ3) is 12.0. The summed E-state index contributed by atoms with van der Waals surface area (Å²) in [7, 11) is -5.89. The summed E-state index contributed by atoms with van der Waals surface area (Å²) < 4.78 is 46.0. The Bertz CT molecular complexity index is 942. The summed E-state index contributed by atoms with van der Waals surface area (Å²) in [5.41, 5.74) is 4.64. The molecule has 0 N–H and O–H groups in total. The smallest absolute Gasteiger partial charge is 0.309 e. The molecule has 0 bridgehead atoms. The highest BCUT2D eigenvalue weighted by atomic mass is 31.2. The van der Waals surface area contributed by atoms with Crippen molar-refractivity contribution in [1.82, 2.24) is 0 Å². The quantitative estimate of drug-likeness (QED) is 0.232. The third-order valence-corrected chi connectivity index (χ3v) is 9.75. The molecule has 8 heteroatoms. The minimum absolute atomic E-state index is 0.126. The van der Waals surface area contributed by atoms with E-state index in [4.69, 9.17) is 18.1 Å². The van der Waals surface area contributed by atoms with E-state index in [1.54, 1.807) is 0 Å². The van der Waals surface area contributed by atoms with Crippen molar-refractivity contribution in [2.24, 2.45) is 0 Å². The van der Waals surface area contributed by atoms with E-state index in [0.717, 1.165) is 6.42 Å². The van der Waals surface area contributed by atoms with E-state index in [1.807, 2.05) is 71.9 Å². The third-order valence-electron chi connectivity index (χ3n) is 5.18. The zero-order valence-corrected chi connectivity index (χ0v) is 24.3. The van der Waals surface area contributed by atoms with Gasteiger partial charge in [0.1, 0.15) is 0 Å². The van der Waals surface area contributed by atoms with Gasteiger partial charge in [-0.25, -0.2) is 0 Å². The molecule has 0 spiro atoms. The molecular weight excluding hydrogens is 482 g/mol. The van der Waals surface area contributed by atoms with Gasteiger partial charge in [-0.2, -0.15) is 0 Å². The zero-order chi connectivity index (χ0) is 26.3. The summed E-state index contributed by atoms with van der Waals surface area (Å²) in [5.74, 6) is 0. The Morgan fingerprint density at radius 2 is 1.17 bits per heavy atom. The molecule has 0 aromatic heterocycles. The fraction of sp³-hybridized carbons (Fsp3) is 0.556. The second-order valence-corrected chi connectivity index (χ2v) is 13.0. The lowest BCUT2D eigenvalue weighted by atomic mass is 10.1. The number of hydrogen-bond acceptors (Lipinski definition) is 6. The van der Waals surface area contributed by atoms with Crippen molar-refractivity contribution in [2.75, 3.05) is 32.6 Å². The molecule has 0 saturated carbocycles. The minimum Gasteiger partial charge on any atom is -0.309 e. The first-order chi connectivity index (χ1) is 16.6. The van der Waals surface area contributed by atoms with Gasteiger partial charge in [0.15, 0.2) is 0 Å².